The third-order valence-electron chi connectivity index (χ3n) is 2.88. The van der Waals surface area contributed by atoms with Gasteiger partial charge in [0.2, 0.25) is 15.9 Å². The van der Waals surface area contributed by atoms with Crippen molar-refractivity contribution in [1.82, 2.24) is 9.62 Å². The number of amides is 1. The van der Waals surface area contributed by atoms with Gasteiger partial charge >= 0.3 is 6.18 Å². The Labute approximate surface area is 117 Å². The molecular weight excluding hydrogens is 316 g/mol. The number of benzene rings is 1. The number of sulfonamides is 1. The predicted molar refractivity (Wildman–Crippen MR) is 63.2 cm³/mol. The molecule has 0 spiro atoms. The van der Waals surface area contributed by atoms with Crippen LogP contribution in [0.1, 0.15) is 5.56 Å². The van der Waals surface area contributed by atoms with Gasteiger partial charge in [0.25, 0.3) is 0 Å². The van der Waals surface area contributed by atoms with E-state index in [0.717, 1.165) is 0 Å². The molecule has 0 saturated carbocycles. The first-order valence-corrected chi connectivity index (χ1v) is 7.20. The van der Waals surface area contributed by atoms with Gasteiger partial charge in [-0.15, -0.1) is 0 Å². The second kappa shape index (κ2) is 5.26. The number of rotatable bonds is 2. The standard InChI is InChI=1S/C11H10F4N2O3S/c12-8-2-1-7(11(13,14)15)5-9(8)21(19,20)17-4-3-16-10(18)6-17/h1-2,5H,3-4,6H2,(H,16,18). The van der Waals surface area contributed by atoms with Crippen molar-refractivity contribution in [2.24, 2.45) is 0 Å². The third kappa shape index (κ3) is 3.16. The van der Waals surface area contributed by atoms with Gasteiger partial charge in [-0.1, -0.05) is 0 Å². The van der Waals surface area contributed by atoms with Crippen LogP contribution in [-0.4, -0.2) is 38.3 Å². The first-order chi connectivity index (χ1) is 9.62. The summed E-state index contributed by atoms with van der Waals surface area (Å²) < 4.78 is 76.4. The SMILES string of the molecule is O=C1CN(S(=O)(=O)c2cc(C(F)(F)F)ccc2F)CCN1. The van der Waals surface area contributed by atoms with Gasteiger partial charge in [-0.2, -0.15) is 17.5 Å². The molecule has 2 rings (SSSR count). The molecule has 116 valence electrons. The van der Waals surface area contributed by atoms with Crippen molar-refractivity contribution in [3.63, 3.8) is 0 Å². The number of piperazine rings is 1. The van der Waals surface area contributed by atoms with Crippen LogP contribution in [0.25, 0.3) is 0 Å². The second-order valence-corrected chi connectivity index (χ2v) is 6.24. The minimum absolute atomic E-state index is 0.0125. The summed E-state index contributed by atoms with van der Waals surface area (Å²) in [5.41, 5.74) is -1.27. The molecule has 1 N–H and O–H groups in total. The number of carbonyl (C=O) groups is 1. The molecule has 1 aromatic carbocycles. The Kier molecular flexibility index (Phi) is 3.93. The van der Waals surface area contributed by atoms with Crippen LogP contribution in [0.4, 0.5) is 17.6 Å². The van der Waals surface area contributed by atoms with Gasteiger partial charge in [0.05, 0.1) is 12.1 Å². The molecule has 5 nitrogen and oxygen atoms in total. The Bertz CT molecular complexity index is 673. The summed E-state index contributed by atoms with van der Waals surface area (Å²) in [4.78, 5) is 10.1. The van der Waals surface area contributed by atoms with Crippen LogP contribution in [0.15, 0.2) is 23.1 Å². The van der Waals surface area contributed by atoms with Gasteiger partial charge in [0.15, 0.2) is 0 Å². The topological polar surface area (TPSA) is 66.5 Å². The first kappa shape index (κ1) is 15.7. The van der Waals surface area contributed by atoms with Crippen LogP contribution in [0.5, 0.6) is 0 Å². The number of alkyl halides is 3. The molecular formula is C11H10F4N2O3S. The molecule has 1 amide bonds. The summed E-state index contributed by atoms with van der Waals surface area (Å²) >= 11 is 0. The van der Waals surface area contributed by atoms with Crippen LogP contribution in [-0.2, 0) is 21.0 Å². The molecule has 1 aromatic rings. The number of nitrogens with one attached hydrogen (secondary N) is 1. The van der Waals surface area contributed by atoms with Gasteiger partial charge in [0.1, 0.15) is 10.7 Å². The van der Waals surface area contributed by atoms with E-state index in [9.17, 15) is 30.8 Å². The monoisotopic (exact) mass is 326 g/mol. The largest absolute Gasteiger partial charge is 0.416 e. The molecule has 0 aromatic heterocycles. The van der Waals surface area contributed by atoms with Gasteiger partial charge < -0.3 is 5.32 Å². The summed E-state index contributed by atoms with van der Waals surface area (Å²) in [6.07, 6.45) is -4.79. The summed E-state index contributed by atoms with van der Waals surface area (Å²) in [6, 6.07) is 1.13. The van der Waals surface area contributed by atoms with Gasteiger partial charge in [0, 0.05) is 13.1 Å². The summed E-state index contributed by atoms with van der Waals surface area (Å²) in [6.45, 7) is -0.680. The maximum atomic E-state index is 13.6. The minimum atomic E-state index is -4.79. The number of hydrogen-bond donors (Lipinski definition) is 1. The Morgan fingerprint density at radius 1 is 1.24 bits per heavy atom. The predicted octanol–water partition coefficient (Wildman–Crippen LogP) is 0.965. The highest BCUT2D eigenvalue weighted by Gasteiger charge is 2.36. The first-order valence-electron chi connectivity index (χ1n) is 5.76. The van der Waals surface area contributed by atoms with E-state index in [-0.39, 0.29) is 19.2 Å². The molecule has 21 heavy (non-hydrogen) atoms. The Morgan fingerprint density at radius 2 is 1.90 bits per heavy atom. The van der Waals surface area contributed by atoms with Gasteiger partial charge in [-0.05, 0) is 18.2 Å². The highest BCUT2D eigenvalue weighted by molar-refractivity contribution is 7.89. The number of carbonyl (C=O) groups excluding carboxylic acids is 1. The van der Waals surface area contributed by atoms with Crippen LogP contribution in [0.3, 0.4) is 0 Å². The Balaban J connectivity index is 2.46. The quantitative estimate of drug-likeness (QED) is 0.824. The highest BCUT2D eigenvalue weighted by atomic mass is 32.2. The molecule has 0 radical (unpaired) electrons. The lowest BCUT2D eigenvalue weighted by molar-refractivity contribution is -0.137. The fourth-order valence-corrected chi connectivity index (χ4v) is 3.32. The maximum Gasteiger partial charge on any atom is 0.416 e. The molecule has 0 unspecified atom stereocenters. The lowest BCUT2D eigenvalue weighted by atomic mass is 10.2. The molecule has 1 aliphatic heterocycles. The average molecular weight is 326 g/mol. The summed E-state index contributed by atoms with van der Waals surface area (Å²) in [7, 11) is -4.51. The van der Waals surface area contributed by atoms with Crippen molar-refractivity contribution in [2.45, 2.75) is 11.1 Å². The lowest BCUT2D eigenvalue weighted by Gasteiger charge is -2.26. The maximum absolute atomic E-state index is 13.6. The van der Waals surface area contributed by atoms with Crippen LogP contribution < -0.4 is 5.32 Å². The highest BCUT2D eigenvalue weighted by Crippen LogP contribution is 2.32. The molecule has 1 fully saturated rings. The van der Waals surface area contributed by atoms with Crippen molar-refractivity contribution >= 4 is 15.9 Å². The van der Waals surface area contributed by atoms with E-state index in [2.05, 4.69) is 5.32 Å². The van der Waals surface area contributed by atoms with E-state index in [1.165, 1.54) is 0 Å². The zero-order valence-corrected chi connectivity index (χ0v) is 11.3. The summed E-state index contributed by atoms with van der Waals surface area (Å²) in [5, 5.41) is 2.37. The van der Waals surface area contributed by atoms with E-state index in [1.807, 2.05) is 0 Å². The van der Waals surface area contributed by atoms with E-state index in [4.69, 9.17) is 0 Å². The minimum Gasteiger partial charge on any atom is -0.354 e. The fourth-order valence-electron chi connectivity index (χ4n) is 1.84. The molecule has 0 atom stereocenters. The number of nitrogens with zero attached hydrogens (tertiary/aromatic N) is 1. The van der Waals surface area contributed by atoms with E-state index in [0.29, 0.717) is 16.4 Å². The zero-order valence-electron chi connectivity index (χ0n) is 10.4. The number of hydrogen-bond acceptors (Lipinski definition) is 3. The van der Waals surface area contributed by atoms with E-state index < -0.39 is 44.9 Å². The lowest BCUT2D eigenvalue weighted by Crippen LogP contribution is -2.50. The average Bonchev–Trinajstić information content (AvgIpc) is 2.37. The van der Waals surface area contributed by atoms with Crippen LogP contribution in [0.2, 0.25) is 0 Å². The molecule has 1 saturated heterocycles. The van der Waals surface area contributed by atoms with Crippen molar-refractivity contribution < 1.29 is 30.8 Å². The molecule has 10 heteroatoms. The molecule has 1 heterocycles. The van der Waals surface area contributed by atoms with Crippen molar-refractivity contribution in [2.75, 3.05) is 19.6 Å². The zero-order chi connectivity index (χ0) is 15.8. The Hall–Kier alpha value is -1.68. The molecule has 0 aliphatic carbocycles. The molecule has 1 aliphatic rings. The van der Waals surface area contributed by atoms with Crippen molar-refractivity contribution in [3.8, 4) is 0 Å². The van der Waals surface area contributed by atoms with Crippen LogP contribution in [0, 0.1) is 5.82 Å². The number of halogens is 4. The smallest absolute Gasteiger partial charge is 0.354 e. The van der Waals surface area contributed by atoms with Crippen molar-refractivity contribution in [1.29, 1.82) is 0 Å². The Morgan fingerprint density at radius 3 is 2.48 bits per heavy atom. The summed E-state index contributed by atoms with van der Waals surface area (Å²) in [5.74, 6) is -1.90. The third-order valence-corrected chi connectivity index (χ3v) is 4.74. The second-order valence-electron chi connectivity index (χ2n) is 4.33. The van der Waals surface area contributed by atoms with Crippen LogP contribution >= 0.6 is 0 Å². The van der Waals surface area contributed by atoms with E-state index >= 15 is 0 Å². The normalized spacial score (nSPS) is 17.6. The van der Waals surface area contributed by atoms with Gasteiger partial charge in [-0.25, -0.2) is 12.8 Å². The van der Waals surface area contributed by atoms with Gasteiger partial charge in [-0.3, -0.25) is 4.79 Å². The van der Waals surface area contributed by atoms with Crippen molar-refractivity contribution in [3.05, 3.63) is 29.6 Å². The fraction of sp³-hybridized carbons (Fsp3) is 0.364. The molecule has 0 bridgehead atoms. The van der Waals surface area contributed by atoms with E-state index in [1.54, 1.807) is 0 Å².